The molecule has 0 aliphatic heterocycles. The van der Waals surface area contributed by atoms with Gasteiger partial charge >= 0.3 is 5.97 Å². The maximum atomic E-state index is 12.0. The summed E-state index contributed by atoms with van der Waals surface area (Å²) in [5.74, 6) is -1.58. The number of carboxylic acid groups (broad SMARTS) is 1. The quantitative estimate of drug-likeness (QED) is 0.838. The van der Waals surface area contributed by atoms with E-state index in [9.17, 15) is 9.59 Å². The molecule has 98 valence electrons. The Kier molecular flexibility index (Phi) is 4.06. The van der Waals surface area contributed by atoms with Crippen LogP contribution in [0.4, 0.5) is 5.69 Å². The van der Waals surface area contributed by atoms with Crippen LogP contribution in [0.3, 0.4) is 0 Å². The summed E-state index contributed by atoms with van der Waals surface area (Å²) in [5, 5.41) is 11.6. The van der Waals surface area contributed by atoms with Gasteiger partial charge in [-0.05, 0) is 40.2 Å². The fourth-order valence-corrected chi connectivity index (χ4v) is 2.23. The van der Waals surface area contributed by atoms with Crippen molar-refractivity contribution in [2.45, 2.75) is 0 Å². The van der Waals surface area contributed by atoms with E-state index in [2.05, 4.69) is 37.2 Å². The van der Waals surface area contributed by atoms with Crippen LogP contribution in [0.25, 0.3) is 0 Å². The van der Waals surface area contributed by atoms with Crippen LogP contribution in [0.15, 0.2) is 44.1 Å². The summed E-state index contributed by atoms with van der Waals surface area (Å²) in [4.78, 5) is 23.1. The van der Waals surface area contributed by atoms with Crippen LogP contribution < -0.4 is 5.32 Å². The van der Waals surface area contributed by atoms with Crippen molar-refractivity contribution in [1.29, 1.82) is 0 Å². The minimum absolute atomic E-state index is 0.00217. The number of carboxylic acids is 1. The molecule has 0 aliphatic rings. The SMILES string of the molecule is O=C(O)c1cc(Br)ccc1NC(=O)c1ccoc1Br. The van der Waals surface area contributed by atoms with Crippen molar-refractivity contribution in [3.63, 3.8) is 0 Å². The predicted octanol–water partition coefficient (Wildman–Crippen LogP) is 3.76. The van der Waals surface area contributed by atoms with Crippen LogP contribution >= 0.6 is 31.9 Å². The van der Waals surface area contributed by atoms with Gasteiger partial charge in [0.1, 0.15) is 0 Å². The number of aromatic carboxylic acids is 1. The number of carbonyl (C=O) groups is 2. The smallest absolute Gasteiger partial charge is 0.337 e. The Balaban J connectivity index is 2.32. The summed E-state index contributed by atoms with van der Waals surface area (Å²) in [6, 6.07) is 6.06. The molecule has 0 unspecified atom stereocenters. The number of hydrogen-bond acceptors (Lipinski definition) is 3. The average Bonchev–Trinajstić information content (AvgIpc) is 2.77. The highest BCUT2D eigenvalue weighted by molar-refractivity contribution is 9.10. The fraction of sp³-hybridized carbons (Fsp3) is 0. The summed E-state index contributed by atoms with van der Waals surface area (Å²) < 4.78 is 5.86. The first-order valence-corrected chi connectivity index (χ1v) is 6.65. The maximum absolute atomic E-state index is 12.0. The van der Waals surface area contributed by atoms with E-state index >= 15 is 0 Å². The normalized spacial score (nSPS) is 10.2. The van der Waals surface area contributed by atoms with Gasteiger partial charge in [-0.15, -0.1) is 0 Å². The van der Waals surface area contributed by atoms with Gasteiger partial charge in [0.05, 0.1) is 23.1 Å². The van der Waals surface area contributed by atoms with Crippen LogP contribution in [0, 0.1) is 0 Å². The van der Waals surface area contributed by atoms with Gasteiger partial charge in [0.2, 0.25) is 0 Å². The van der Waals surface area contributed by atoms with E-state index < -0.39 is 11.9 Å². The molecule has 0 aliphatic carbocycles. The summed E-state index contributed by atoms with van der Waals surface area (Å²) in [6.45, 7) is 0. The van der Waals surface area contributed by atoms with Gasteiger partial charge < -0.3 is 14.8 Å². The largest absolute Gasteiger partial charge is 0.478 e. The Morgan fingerprint density at radius 3 is 2.47 bits per heavy atom. The number of furan rings is 1. The zero-order chi connectivity index (χ0) is 14.0. The van der Waals surface area contributed by atoms with Gasteiger partial charge in [-0.2, -0.15) is 0 Å². The maximum Gasteiger partial charge on any atom is 0.337 e. The molecule has 2 aromatic rings. The number of hydrogen-bond donors (Lipinski definition) is 2. The molecule has 0 fully saturated rings. The molecule has 1 aromatic carbocycles. The van der Waals surface area contributed by atoms with Gasteiger partial charge in [0.15, 0.2) is 4.67 Å². The lowest BCUT2D eigenvalue weighted by atomic mass is 10.1. The van der Waals surface area contributed by atoms with Crippen molar-refractivity contribution in [1.82, 2.24) is 0 Å². The Hall–Kier alpha value is -1.60. The highest BCUT2D eigenvalue weighted by atomic mass is 79.9. The Morgan fingerprint density at radius 2 is 1.89 bits per heavy atom. The topological polar surface area (TPSA) is 79.5 Å². The molecule has 1 aromatic heterocycles. The Bertz CT molecular complexity index is 651. The Morgan fingerprint density at radius 1 is 1.16 bits per heavy atom. The van der Waals surface area contributed by atoms with E-state index in [0.29, 0.717) is 14.7 Å². The van der Waals surface area contributed by atoms with Gasteiger partial charge in [-0.1, -0.05) is 15.9 Å². The summed E-state index contributed by atoms with van der Waals surface area (Å²) in [5.41, 5.74) is 0.510. The van der Waals surface area contributed by atoms with Crippen LogP contribution in [-0.2, 0) is 0 Å². The molecule has 1 heterocycles. The molecule has 0 saturated carbocycles. The van der Waals surface area contributed by atoms with Crippen molar-refractivity contribution in [3.8, 4) is 0 Å². The van der Waals surface area contributed by atoms with E-state index in [1.165, 1.54) is 24.5 Å². The highest BCUT2D eigenvalue weighted by Crippen LogP contribution is 2.23. The summed E-state index contributed by atoms with van der Waals surface area (Å²) >= 11 is 6.27. The molecule has 19 heavy (non-hydrogen) atoms. The lowest BCUT2D eigenvalue weighted by molar-refractivity contribution is 0.0698. The molecule has 1 amide bonds. The zero-order valence-corrected chi connectivity index (χ0v) is 12.5. The molecule has 0 spiro atoms. The second-order valence-electron chi connectivity index (χ2n) is 3.56. The third-order valence-electron chi connectivity index (χ3n) is 2.32. The predicted molar refractivity (Wildman–Crippen MR) is 75.5 cm³/mol. The van der Waals surface area contributed by atoms with E-state index in [0.717, 1.165) is 0 Å². The fourth-order valence-electron chi connectivity index (χ4n) is 1.45. The zero-order valence-electron chi connectivity index (χ0n) is 9.31. The third kappa shape index (κ3) is 3.05. The summed E-state index contributed by atoms with van der Waals surface area (Å²) in [7, 11) is 0. The molecule has 0 saturated heterocycles. The second kappa shape index (κ2) is 5.58. The van der Waals surface area contributed by atoms with Crippen LogP contribution in [0.1, 0.15) is 20.7 Å². The molecule has 7 heteroatoms. The average molecular weight is 389 g/mol. The number of amides is 1. The van der Waals surface area contributed by atoms with Crippen LogP contribution in [0.2, 0.25) is 0 Å². The van der Waals surface area contributed by atoms with E-state index in [1.54, 1.807) is 6.07 Å². The van der Waals surface area contributed by atoms with Crippen molar-refractivity contribution in [2.24, 2.45) is 0 Å². The highest BCUT2D eigenvalue weighted by Gasteiger charge is 2.17. The number of halogens is 2. The van der Waals surface area contributed by atoms with Crippen molar-refractivity contribution < 1.29 is 19.1 Å². The standard InChI is InChI=1S/C12H7Br2NO4/c13-6-1-2-9(8(5-6)12(17)18)15-11(16)7-3-4-19-10(7)14/h1-5H,(H,15,16)(H,17,18). The van der Waals surface area contributed by atoms with Crippen molar-refractivity contribution >= 4 is 49.4 Å². The van der Waals surface area contributed by atoms with Gasteiger partial charge in [0.25, 0.3) is 5.91 Å². The summed E-state index contributed by atoms with van der Waals surface area (Å²) in [6.07, 6.45) is 1.36. The first kappa shape index (κ1) is 13.8. The monoisotopic (exact) mass is 387 g/mol. The van der Waals surface area contributed by atoms with Gasteiger partial charge in [-0.3, -0.25) is 4.79 Å². The molecule has 2 N–H and O–H groups in total. The first-order chi connectivity index (χ1) is 8.99. The van der Waals surface area contributed by atoms with Crippen LogP contribution in [-0.4, -0.2) is 17.0 Å². The second-order valence-corrected chi connectivity index (χ2v) is 5.19. The molecule has 5 nitrogen and oxygen atoms in total. The lowest BCUT2D eigenvalue weighted by Crippen LogP contribution is -2.14. The molecule has 2 rings (SSSR count). The van der Waals surface area contributed by atoms with E-state index in [4.69, 9.17) is 9.52 Å². The van der Waals surface area contributed by atoms with Gasteiger partial charge in [0, 0.05) is 4.47 Å². The van der Waals surface area contributed by atoms with Crippen molar-refractivity contribution in [2.75, 3.05) is 5.32 Å². The number of anilines is 1. The molecule has 0 atom stereocenters. The van der Waals surface area contributed by atoms with E-state index in [-0.39, 0.29) is 11.3 Å². The number of benzene rings is 1. The Labute approximate surface area is 124 Å². The number of nitrogens with one attached hydrogen (secondary N) is 1. The van der Waals surface area contributed by atoms with Gasteiger partial charge in [-0.25, -0.2) is 4.79 Å². The molecular formula is C12H7Br2NO4. The number of rotatable bonds is 3. The molecule has 0 radical (unpaired) electrons. The first-order valence-electron chi connectivity index (χ1n) is 5.06. The molecular weight excluding hydrogens is 382 g/mol. The minimum atomic E-state index is -1.12. The third-order valence-corrected chi connectivity index (χ3v) is 3.43. The molecule has 0 bridgehead atoms. The minimum Gasteiger partial charge on any atom is -0.478 e. The van der Waals surface area contributed by atoms with E-state index in [1.807, 2.05) is 0 Å². The number of carbonyl (C=O) groups excluding carboxylic acids is 1. The van der Waals surface area contributed by atoms with Crippen LogP contribution in [0.5, 0.6) is 0 Å². The lowest BCUT2D eigenvalue weighted by Gasteiger charge is -2.08. The van der Waals surface area contributed by atoms with Crippen molar-refractivity contribution in [3.05, 3.63) is 50.8 Å².